The highest BCUT2D eigenvalue weighted by Crippen LogP contribution is 2.52. The van der Waals surface area contributed by atoms with Crippen molar-refractivity contribution in [2.24, 2.45) is 10.8 Å². The summed E-state index contributed by atoms with van der Waals surface area (Å²) in [7, 11) is 0. The van der Waals surface area contributed by atoms with Crippen LogP contribution in [0.25, 0.3) is 0 Å². The number of esters is 2. The maximum atomic E-state index is 13.0. The van der Waals surface area contributed by atoms with Crippen molar-refractivity contribution in [1.29, 1.82) is 0 Å². The highest BCUT2D eigenvalue weighted by atomic mass is 32.2. The van der Waals surface area contributed by atoms with Gasteiger partial charge in [-0.3, -0.25) is 9.59 Å². The minimum Gasteiger partial charge on any atom is -0.491 e. The summed E-state index contributed by atoms with van der Waals surface area (Å²) in [4.78, 5) is 25.3. The van der Waals surface area contributed by atoms with Crippen LogP contribution in [-0.2, 0) is 19.1 Å². The lowest BCUT2D eigenvalue weighted by Gasteiger charge is -2.49. The van der Waals surface area contributed by atoms with Crippen molar-refractivity contribution in [3.63, 3.8) is 0 Å². The molecule has 10 nitrogen and oxygen atoms in total. The first kappa shape index (κ1) is 50.3. The summed E-state index contributed by atoms with van der Waals surface area (Å²) in [5.41, 5.74) is -2.12. The Kier molecular flexibility index (Phi) is 21.9. The predicted molar refractivity (Wildman–Crippen MR) is 222 cm³/mol. The van der Waals surface area contributed by atoms with E-state index in [0.717, 1.165) is 19.3 Å². The van der Waals surface area contributed by atoms with Crippen molar-refractivity contribution in [3.05, 3.63) is 24.3 Å². The molecule has 0 fully saturated rings. The highest BCUT2D eigenvalue weighted by molar-refractivity contribution is 8.00. The Labute approximate surface area is 335 Å². The van der Waals surface area contributed by atoms with Crippen LogP contribution in [0.4, 0.5) is 0 Å². The van der Waals surface area contributed by atoms with Gasteiger partial charge in [-0.1, -0.05) is 54.5 Å². The number of hydrogen-bond acceptors (Lipinski definition) is 12. The van der Waals surface area contributed by atoms with Gasteiger partial charge in [-0.15, -0.1) is 11.8 Å². The Hall–Kier alpha value is -1.70. The second-order valence-corrected chi connectivity index (χ2v) is 18.2. The number of carbonyl (C=O) groups excluding carboxylic acids is 2. The van der Waals surface area contributed by atoms with E-state index in [2.05, 4.69) is 27.7 Å². The summed E-state index contributed by atoms with van der Waals surface area (Å²) in [6.07, 6.45) is 3.70. The van der Waals surface area contributed by atoms with Gasteiger partial charge in [-0.05, 0) is 103 Å². The zero-order chi connectivity index (χ0) is 41.2. The number of rotatable bonds is 29. The molecule has 0 aliphatic heterocycles. The zero-order valence-electron chi connectivity index (χ0n) is 35.2. The second kappa shape index (κ2) is 23.5. The van der Waals surface area contributed by atoms with Gasteiger partial charge in [0.15, 0.2) is 0 Å². The molecule has 0 saturated carbocycles. The maximum absolute atomic E-state index is 13.0. The van der Waals surface area contributed by atoms with E-state index in [9.17, 15) is 30.0 Å². The monoisotopic (exact) mass is 802 g/mol. The number of ether oxygens (including phenoxy) is 4. The standard InChI is InChI=1S/C42H74O10S2/c1-12-38(8,9)51-36(47)29-53-30-37(48)52-39(10,13-2)41(15-4,16-5)23-31(44)26-49-34-20-19-21-35(22-34)50-27-32(45)24-42(17-6,18-7)40(11,14-3)54-28-33(46)25-43/h19-22,31-33,43-46H,12-18,23-30H2,1-11H3. The van der Waals surface area contributed by atoms with Gasteiger partial charge >= 0.3 is 11.9 Å². The average Bonchev–Trinajstić information content (AvgIpc) is 3.16. The van der Waals surface area contributed by atoms with Gasteiger partial charge < -0.3 is 39.4 Å². The number of hydrogen-bond donors (Lipinski definition) is 4. The van der Waals surface area contributed by atoms with Crippen LogP contribution in [0.1, 0.15) is 134 Å². The van der Waals surface area contributed by atoms with E-state index in [1.807, 2.05) is 48.5 Å². The van der Waals surface area contributed by atoms with Gasteiger partial charge in [-0.25, -0.2) is 0 Å². The summed E-state index contributed by atoms with van der Waals surface area (Å²) < 4.78 is 23.5. The van der Waals surface area contributed by atoms with Crippen LogP contribution in [0, 0.1) is 10.8 Å². The number of aliphatic hydroxyl groups is 4. The van der Waals surface area contributed by atoms with Crippen LogP contribution >= 0.6 is 23.5 Å². The van der Waals surface area contributed by atoms with Crippen molar-refractivity contribution in [3.8, 4) is 11.5 Å². The smallest absolute Gasteiger partial charge is 0.316 e. The molecule has 5 unspecified atom stereocenters. The molecule has 0 saturated heterocycles. The van der Waals surface area contributed by atoms with Gasteiger partial charge in [0.2, 0.25) is 0 Å². The van der Waals surface area contributed by atoms with E-state index in [4.69, 9.17) is 18.9 Å². The molecule has 0 amide bonds. The van der Waals surface area contributed by atoms with Gasteiger partial charge in [-0.2, -0.15) is 11.8 Å². The molecule has 0 spiro atoms. The normalized spacial score (nSPS) is 16.4. The van der Waals surface area contributed by atoms with Crippen LogP contribution in [-0.4, -0.2) is 104 Å². The topological polar surface area (TPSA) is 152 Å². The van der Waals surface area contributed by atoms with E-state index in [0.29, 0.717) is 55.8 Å². The van der Waals surface area contributed by atoms with Gasteiger partial charge in [0, 0.05) is 22.0 Å². The minimum absolute atomic E-state index is 0.0214. The lowest BCUT2D eigenvalue weighted by molar-refractivity contribution is -0.178. The van der Waals surface area contributed by atoms with Crippen molar-refractivity contribution in [1.82, 2.24) is 0 Å². The predicted octanol–water partition coefficient (Wildman–Crippen LogP) is 7.99. The van der Waals surface area contributed by atoms with E-state index >= 15 is 0 Å². The Morgan fingerprint density at radius 3 is 1.57 bits per heavy atom. The molecule has 1 aromatic rings. The Balaban J connectivity index is 2.88. The molecule has 0 radical (unpaired) electrons. The highest BCUT2D eigenvalue weighted by Gasteiger charge is 2.49. The number of benzene rings is 1. The Morgan fingerprint density at radius 1 is 0.667 bits per heavy atom. The van der Waals surface area contributed by atoms with Crippen molar-refractivity contribution in [2.45, 2.75) is 168 Å². The summed E-state index contributed by atoms with van der Waals surface area (Å²) in [5, 5.41) is 41.9. The minimum atomic E-state index is -0.852. The first-order valence-electron chi connectivity index (χ1n) is 20.0. The molecule has 0 heterocycles. The van der Waals surface area contributed by atoms with E-state index in [1.165, 1.54) is 11.8 Å². The molecule has 12 heteroatoms. The van der Waals surface area contributed by atoms with E-state index in [-0.39, 0.29) is 47.5 Å². The van der Waals surface area contributed by atoms with Gasteiger partial charge in [0.05, 0.1) is 36.4 Å². The van der Waals surface area contributed by atoms with E-state index < -0.39 is 40.9 Å². The second-order valence-electron chi connectivity index (χ2n) is 15.7. The van der Waals surface area contributed by atoms with Crippen LogP contribution in [0.15, 0.2) is 24.3 Å². The third kappa shape index (κ3) is 14.7. The maximum Gasteiger partial charge on any atom is 0.316 e. The van der Waals surface area contributed by atoms with Crippen molar-refractivity contribution in [2.75, 3.05) is 37.1 Å². The molecule has 0 aromatic heterocycles. The summed E-state index contributed by atoms with van der Waals surface area (Å²) >= 11 is 2.83. The fourth-order valence-electron chi connectivity index (χ4n) is 7.49. The zero-order valence-corrected chi connectivity index (χ0v) is 36.8. The largest absolute Gasteiger partial charge is 0.491 e. The SMILES string of the molecule is CCC(C)(C)OC(=O)CSCC(=O)OC(C)(CC)C(CC)(CC)CC(O)COc1cccc(OCC(O)CC(CC)(CC)C(C)(CC)SCC(O)CO)c1. The quantitative estimate of drug-likeness (QED) is 0.0581. The Morgan fingerprint density at radius 2 is 1.15 bits per heavy atom. The van der Waals surface area contributed by atoms with Crippen LogP contribution in [0.2, 0.25) is 0 Å². The van der Waals surface area contributed by atoms with Crippen LogP contribution in [0.5, 0.6) is 11.5 Å². The van der Waals surface area contributed by atoms with Crippen molar-refractivity contribution < 1.29 is 49.0 Å². The molecular formula is C42H74O10S2. The number of aliphatic hydroxyl groups excluding tert-OH is 4. The lowest BCUT2D eigenvalue weighted by Crippen LogP contribution is -2.50. The van der Waals surface area contributed by atoms with Crippen LogP contribution < -0.4 is 9.47 Å². The first-order chi connectivity index (χ1) is 25.3. The van der Waals surface area contributed by atoms with Gasteiger partial charge in [0.1, 0.15) is 35.9 Å². The Bertz CT molecular complexity index is 1240. The lowest BCUT2D eigenvalue weighted by atomic mass is 9.64. The average molecular weight is 803 g/mol. The van der Waals surface area contributed by atoms with E-state index in [1.54, 1.807) is 36.0 Å². The third-order valence-electron chi connectivity index (χ3n) is 12.1. The van der Waals surface area contributed by atoms with Crippen LogP contribution in [0.3, 0.4) is 0 Å². The van der Waals surface area contributed by atoms with Crippen molar-refractivity contribution >= 4 is 35.5 Å². The number of carbonyl (C=O) groups is 2. The molecule has 1 rings (SSSR count). The number of thioether (sulfide) groups is 2. The summed E-state index contributed by atoms with van der Waals surface area (Å²) in [6.45, 7) is 22.1. The fraction of sp³-hybridized carbons (Fsp3) is 0.810. The third-order valence-corrected chi connectivity index (χ3v) is 14.9. The molecule has 5 atom stereocenters. The molecule has 4 N–H and O–H groups in total. The fourth-order valence-corrected chi connectivity index (χ4v) is 9.59. The molecule has 0 bridgehead atoms. The summed E-state index contributed by atoms with van der Waals surface area (Å²) in [5.74, 6) is 0.812. The molecule has 0 aliphatic carbocycles. The summed E-state index contributed by atoms with van der Waals surface area (Å²) in [6, 6.07) is 7.15. The molecule has 0 aliphatic rings. The molecule has 1 aromatic carbocycles. The first-order valence-corrected chi connectivity index (χ1v) is 22.1. The van der Waals surface area contributed by atoms with Gasteiger partial charge in [0.25, 0.3) is 0 Å². The molecule has 314 valence electrons. The molecule has 54 heavy (non-hydrogen) atoms. The molecular weight excluding hydrogens is 729 g/mol.